The number of ether oxygens (including phenoxy) is 8. The van der Waals surface area contributed by atoms with Crippen molar-refractivity contribution in [3.05, 3.63) is 95.8 Å². The van der Waals surface area contributed by atoms with Crippen molar-refractivity contribution in [2.45, 2.75) is 113 Å². The van der Waals surface area contributed by atoms with Crippen LogP contribution >= 0.6 is 23.5 Å². The van der Waals surface area contributed by atoms with E-state index in [0.717, 1.165) is 99.0 Å². The lowest BCUT2D eigenvalue weighted by Gasteiger charge is -2.28. The highest BCUT2D eigenvalue weighted by Gasteiger charge is 2.33. The Morgan fingerprint density at radius 3 is 1.22 bits per heavy atom. The molecule has 0 radical (unpaired) electrons. The van der Waals surface area contributed by atoms with Gasteiger partial charge in [-0.05, 0) is 175 Å². The van der Waals surface area contributed by atoms with Crippen LogP contribution in [0.15, 0.2) is 106 Å². The number of rotatable bonds is 28. The summed E-state index contributed by atoms with van der Waals surface area (Å²) in [5.41, 5.74) is 0.0396. The van der Waals surface area contributed by atoms with Crippen molar-refractivity contribution >= 4 is 47.4 Å². The maximum absolute atomic E-state index is 13.1. The zero-order valence-corrected chi connectivity index (χ0v) is 42.5. The van der Waals surface area contributed by atoms with Crippen molar-refractivity contribution in [3.63, 3.8) is 0 Å². The summed E-state index contributed by atoms with van der Waals surface area (Å²) in [5.74, 6) is 2.48. The van der Waals surface area contributed by atoms with Crippen LogP contribution in [0.2, 0.25) is 0 Å². The Morgan fingerprint density at radius 1 is 0.500 bits per heavy atom. The molecule has 14 nitrogen and oxygen atoms in total. The molecule has 0 spiro atoms. The van der Waals surface area contributed by atoms with E-state index in [1.54, 1.807) is 48.5 Å². The molecule has 0 amide bonds. The van der Waals surface area contributed by atoms with Crippen LogP contribution in [0.3, 0.4) is 0 Å². The maximum atomic E-state index is 13.1. The van der Waals surface area contributed by atoms with Gasteiger partial charge in [0.25, 0.3) is 0 Å². The van der Waals surface area contributed by atoms with Crippen LogP contribution in [0.5, 0.6) is 34.5 Å². The van der Waals surface area contributed by atoms with Gasteiger partial charge in [-0.2, -0.15) is 10.5 Å². The predicted molar refractivity (Wildman–Crippen MR) is 273 cm³/mol. The smallest absolute Gasteiger partial charge is 0.330 e. The molecule has 2 fully saturated rings. The third-order valence-electron chi connectivity index (χ3n) is 12.7. The van der Waals surface area contributed by atoms with E-state index < -0.39 is 11.9 Å². The lowest BCUT2D eigenvalue weighted by molar-refractivity contribution is -0.141. The number of nitriles is 2. The van der Waals surface area contributed by atoms with Crippen LogP contribution < -0.4 is 28.4 Å². The molecule has 3 aliphatic rings. The van der Waals surface area contributed by atoms with Crippen molar-refractivity contribution in [3.8, 4) is 46.6 Å². The first kappa shape index (κ1) is 55.0. The second kappa shape index (κ2) is 29.9. The molecule has 1 aliphatic heterocycles. The summed E-state index contributed by atoms with van der Waals surface area (Å²) in [5, 5.41) is 19.4. The van der Waals surface area contributed by atoms with Crippen molar-refractivity contribution in [2.24, 2.45) is 23.7 Å². The molecule has 0 atom stereocenters. The van der Waals surface area contributed by atoms with Gasteiger partial charge in [-0.1, -0.05) is 36.7 Å². The second-order valence-corrected chi connectivity index (χ2v) is 20.2. The third-order valence-corrected chi connectivity index (χ3v) is 15.3. The molecule has 16 heteroatoms. The largest absolute Gasteiger partial charge is 0.494 e. The summed E-state index contributed by atoms with van der Waals surface area (Å²) in [7, 11) is 0. The molecule has 2 saturated carbocycles. The summed E-state index contributed by atoms with van der Waals surface area (Å²) in [6.45, 7) is 9.59. The van der Waals surface area contributed by atoms with E-state index in [4.69, 9.17) is 37.9 Å². The van der Waals surface area contributed by atoms with Gasteiger partial charge in [0.1, 0.15) is 52.2 Å². The summed E-state index contributed by atoms with van der Waals surface area (Å²) >= 11 is 2.69. The van der Waals surface area contributed by atoms with E-state index in [9.17, 15) is 29.7 Å². The number of hydrogen-bond acceptors (Lipinski definition) is 16. The molecule has 1 heterocycles. The molecule has 0 unspecified atom stereocenters. The van der Waals surface area contributed by atoms with Crippen LogP contribution in [0.25, 0.3) is 0 Å². The van der Waals surface area contributed by atoms with E-state index in [2.05, 4.69) is 13.2 Å². The molecule has 72 heavy (non-hydrogen) atoms. The van der Waals surface area contributed by atoms with Gasteiger partial charge in [-0.3, -0.25) is 9.59 Å². The first-order chi connectivity index (χ1) is 35.2. The van der Waals surface area contributed by atoms with Crippen molar-refractivity contribution in [1.29, 1.82) is 10.5 Å². The number of carbonyl (C=O) groups excluding carboxylic acids is 4. The van der Waals surface area contributed by atoms with Crippen LogP contribution in [-0.2, 0) is 28.7 Å². The molecular weight excluding hydrogens is 957 g/mol. The van der Waals surface area contributed by atoms with Gasteiger partial charge in [0.05, 0.1) is 65.5 Å². The number of nitrogens with zero attached hydrogens (tertiary/aromatic N) is 2. The first-order valence-electron chi connectivity index (χ1n) is 25.0. The van der Waals surface area contributed by atoms with Gasteiger partial charge in [-0.25, -0.2) is 9.59 Å². The Morgan fingerprint density at radius 2 is 0.861 bits per heavy atom. The molecule has 0 saturated heterocycles. The van der Waals surface area contributed by atoms with Gasteiger partial charge in [0.2, 0.25) is 0 Å². The highest BCUT2D eigenvalue weighted by atomic mass is 32.2. The number of thioether (sulfide) groups is 2. The van der Waals surface area contributed by atoms with E-state index in [0.29, 0.717) is 104 Å². The van der Waals surface area contributed by atoms with Gasteiger partial charge in [0, 0.05) is 12.2 Å². The standard InChI is InChI=1S/C56H64N2O12S2/c1-3-50(59)65-33-11-7-5-9-31-63-44-21-25-46(26-22-44)69-54(61)41-17-13-39(14-18-41)37-67-48-29-30-49(53-52(48)71-56(72-53)43(35-57)36-58)68-38-40-15-19-42(20-16-40)55(62)70-47-27-23-45(24-28-47)64-32-10-6-8-12-34-66-51(60)4-2/h3-4,21-30,39-42H,1-2,5-20,31-34,37-38H2. The lowest BCUT2D eigenvalue weighted by Crippen LogP contribution is -2.28. The van der Waals surface area contributed by atoms with Crippen molar-refractivity contribution < 1.29 is 57.1 Å². The Balaban J connectivity index is 0.889. The average molecular weight is 1020 g/mol. The minimum absolute atomic E-state index is 0.0396. The summed E-state index contributed by atoms with van der Waals surface area (Å²) in [6.07, 6.45) is 15.4. The molecular formula is C56H64N2O12S2. The van der Waals surface area contributed by atoms with Gasteiger partial charge >= 0.3 is 23.9 Å². The SMILES string of the molecule is C=CC(=O)OCCCCCCOc1ccc(OC(=O)C2CCC(COc3ccc(OCC4CCC(C(=O)Oc5ccc(OCCCCCCOC(=O)C=C)cc5)CC4)c4c3SC(=C(C#N)C#N)S4)CC2)cc1. The molecule has 382 valence electrons. The second-order valence-electron chi connectivity index (χ2n) is 17.9. The molecule has 3 aromatic carbocycles. The fourth-order valence-electron chi connectivity index (χ4n) is 8.48. The number of allylic oxidation sites excluding steroid dienone is 1. The zero-order chi connectivity index (χ0) is 50.9. The van der Waals surface area contributed by atoms with E-state index in [1.807, 2.05) is 24.3 Å². The Hall–Kier alpha value is -6.36. The molecule has 0 aromatic heterocycles. The average Bonchev–Trinajstić information content (AvgIpc) is 3.86. The fraction of sp³-hybridized carbons (Fsp3) is 0.464. The summed E-state index contributed by atoms with van der Waals surface area (Å²) < 4.78 is 46.6. The Labute approximate surface area is 431 Å². The van der Waals surface area contributed by atoms with Gasteiger partial charge < -0.3 is 37.9 Å². The third kappa shape index (κ3) is 17.7. The number of benzene rings is 3. The first-order valence-corrected chi connectivity index (χ1v) is 26.6. The minimum Gasteiger partial charge on any atom is -0.494 e. The quantitative estimate of drug-likeness (QED) is 0.0219. The summed E-state index contributed by atoms with van der Waals surface area (Å²) in [4.78, 5) is 50.1. The Kier molecular flexibility index (Phi) is 22.8. The molecule has 3 aromatic rings. The monoisotopic (exact) mass is 1020 g/mol. The van der Waals surface area contributed by atoms with Crippen LogP contribution in [-0.4, -0.2) is 63.5 Å². The minimum atomic E-state index is -0.401. The molecule has 6 rings (SSSR count). The normalized spacial score (nSPS) is 17.9. The van der Waals surface area contributed by atoms with Crippen LogP contribution in [0.4, 0.5) is 0 Å². The zero-order valence-electron chi connectivity index (χ0n) is 40.8. The molecule has 0 N–H and O–H groups in total. The Bertz CT molecular complexity index is 2250. The lowest BCUT2D eigenvalue weighted by atomic mass is 9.82. The summed E-state index contributed by atoms with van der Waals surface area (Å²) in [6, 6.07) is 22.0. The highest BCUT2D eigenvalue weighted by Crippen LogP contribution is 2.59. The highest BCUT2D eigenvalue weighted by molar-refractivity contribution is 8.24. The molecule has 2 aliphatic carbocycles. The van der Waals surface area contributed by atoms with E-state index in [1.165, 1.54) is 23.5 Å². The number of hydrogen-bond donors (Lipinski definition) is 0. The fourth-order valence-corrected chi connectivity index (χ4v) is 11.0. The van der Waals surface area contributed by atoms with E-state index in [-0.39, 0.29) is 41.2 Å². The van der Waals surface area contributed by atoms with Crippen LogP contribution in [0.1, 0.15) is 103 Å². The number of unbranched alkanes of at least 4 members (excludes halogenated alkanes) is 6. The van der Waals surface area contributed by atoms with E-state index >= 15 is 0 Å². The van der Waals surface area contributed by atoms with Gasteiger partial charge in [0.15, 0.2) is 0 Å². The van der Waals surface area contributed by atoms with Crippen molar-refractivity contribution in [2.75, 3.05) is 39.6 Å². The maximum Gasteiger partial charge on any atom is 0.330 e. The topological polar surface area (TPSA) is 190 Å². The van der Waals surface area contributed by atoms with Crippen LogP contribution in [0, 0.1) is 46.3 Å². The predicted octanol–water partition coefficient (Wildman–Crippen LogP) is 12.1. The molecule has 0 bridgehead atoms. The van der Waals surface area contributed by atoms with Gasteiger partial charge in [-0.15, -0.1) is 0 Å². The number of carbonyl (C=O) groups is 4. The van der Waals surface area contributed by atoms with Crippen molar-refractivity contribution in [1.82, 2.24) is 0 Å². The number of esters is 4. The number of fused-ring (bicyclic) bond motifs is 1.